The van der Waals surface area contributed by atoms with Gasteiger partial charge < -0.3 is 5.32 Å². The van der Waals surface area contributed by atoms with E-state index in [0.29, 0.717) is 6.04 Å². The van der Waals surface area contributed by atoms with Crippen LogP contribution >= 0.6 is 12.4 Å². The Balaban J connectivity index is 0.00000180. The van der Waals surface area contributed by atoms with Gasteiger partial charge in [-0.2, -0.15) is 0 Å². The lowest BCUT2D eigenvalue weighted by molar-refractivity contribution is 0.103. The Hall–Kier alpha value is -1.80. The Morgan fingerprint density at radius 1 is 0.947 bits per heavy atom. The second-order valence-corrected chi connectivity index (χ2v) is 4.54. The van der Waals surface area contributed by atoms with E-state index in [9.17, 15) is 4.79 Å². The second kappa shape index (κ2) is 6.95. The Bertz CT molecular complexity index is 537. The van der Waals surface area contributed by atoms with Gasteiger partial charge in [-0.3, -0.25) is 4.79 Å². The van der Waals surface area contributed by atoms with Crippen molar-refractivity contribution in [3.05, 3.63) is 65.7 Å². The number of halogens is 1. The summed E-state index contributed by atoms with van der Waals surface area (Å²) in [6, 6.07) is 17.3. The zero-order valence-electron chi connectivity index (χ0n) is 11.1. The van der Waals surface area contributed by atoms with Crippen LogP contribution in [-0.2, 0) is 0 Å². The molecule has 2 aromatic carbocycles. The number of ketones is 1. The molecule has 100 valence electrons. The molecule has 0 amide bonds. The molecule has 0 saturated heterocycles. The van der Waals surface area contributed by atoms with Crippen molar-refractivity contribution in [3.8, 4) is 0 Å². The number of carbonyl (C=O) groups is 1. The molecule has 0 bridgehead atoms. The van der Waals surface area contributed by atoms with Crippen LogP contribution in [0.5, 0.6) is 0 Å². The highest BCUT2D eigenvalue weighted by atomic mass is 35.5. The summed E-state index contributed by atoms with van der Waals surface area (Å²) in [4.78, 5) is 12.4. The van der Waals surface area contributed by atoms with E-state index in [1.165, 1.54) is 0 Å². The van der Waals surface area contributed by atoms with Gasteiger partial charge in [-0.25, -0.2) is 0 Å². The van der Waals surface area contributed by atoms with E-state index in [4.69, 9.17) is 0 Å². The lowest BCUT2D eigenvalue weighted by Gasteiger charge is -2.14. The van der Waals surface area contributed by atoms with Gasteiger partial charge in [-0.1, -0.05) is 42.5 Å². The van der Waals surface area contributed by atoms with Crippen LogP contribution in [0, 0.1) is 0 Å². The van der Waals surface area contributed by atoms with Crippen molar-refractivity contribution >= 4 is 23.9 Å². The van der Waals surface area contributed by atoms with Gasteiger partial charge in [0.1, 0.15) is 0 Å². The topological polar surface area (TPSA) is 29.1 Å². The van der Waals surface area contributed by atoms with Crippen LogP contribution in [0.1, 0.15) is 29.8 Å². The maximum atomic E-state index is 12.4. The summed E-state index contributed by atoms with van der Waals surface area (Å²) in [5.41, 5.74) is 2.33. The Morgan fingerprint density at radius 2 is 1.53 bits per heavy atom. The van der Waals surface area contributed by atoms with E-state index in [-0.39, 0.29) is 18.2 Å². The molecule has 2 aromatic rings. The summed E-state index contributed by atoms with van der Waals surface area (Å²) >= 11 is 0. The van der Waals surface area contributed by atoms with Gasteiger partial charge in [0, 0.05) is 22.9 Å². The van der Waals surface area contributed by atoms with Crippen LogP contribution in [0.4, 0.5) is 5.69 Å². The third-order valence-corrected chi connectivity index (χ3v) is 2.65. The molecule has 0 radical (unpaired) electrons. The average Bonchev–Trinajstić information content (AvgIpc) is 2.39. The minimum absolute atomic E-state index is 0. The average molecular weight is 276 g/mol. The molecule has 2 nitrogen and oxygen atoms in total. The van der Waals surface area contributed by atoms with Gasteiger partial charge >= 0.3 is 0 Å². The van der Waals surface area contributed by atoms with E-state index in [1.54, 1.807) is 0 Å². The number of anilines is 1. The summed E-state index contributed by atoms with van der Waals surface area (Å²) < 4.78 is 0. The Labute approximate surface area is 120 Å². The van der Waals surface area contributed by atoms with Crippen molar-refractivity contribution in [2.75, 3.05) is 5.32 Å². The predicted octanol–water partition coefficient (Wildman–Crippen LogP) is 4.16. The fourth-order valence-electron chi connectivity index (χ4n) is 1.86. The summed E-state index contributed by atoms with van der Waals surface area (Å²) in [6.45, 7) is 4.12. The number of hydrogen-bond donors (Lipinski definition) is 1. The number of nitrogens with one attached hydrogen (secondary N) is 1. The highest BCUT2D eigenvalue weighted by Crippen LogP contribution is 2.19. The van der Waals surface area contributed by atoms with Crippen molar-refractivity contribution in [1.82, 2.24) is 0 Å². The SMILES string of the molecule is CC(C)Nc1ccccc1C(=O)c1ccccc1.Cl. The number of rotatable bonds is 4. The fraction of sp³-hybridized carbons (Fsp3) is 0.188. The molecule has 0 fully saturated rings. The first-order valence-corrected chi connectivity index (χ1v) is 6.14. The molecule has 19 heavy (non-hydrogen) atoms. The monoisotopic (exact) mass is 275 g/mol. The van der Waals surface area contributed by atoms with Gasteiger partial charge in [0.15, 0.2) is 5.78 Å². The van der Waals surface area contributed by atoms with E-state index in [2.05, 4.69) is 19.2 Å². The van der Waals surface area contributed by atoms with Crippen molar-refractivity contribution in [1.29, 1.82) is 0 Å². The molecule has 0 aromatic heterocycles. The maximum absolute atomic E-state index is 12.4. The lowest BCUT2D eigenvalue weighted by atomic mass is 10.0. The molecule has 0 aliphatic rings. The third-order valence-electron chi connectivity index (χ3n) is 2.65. The van der Waals surface area contributed by atoms with Gasteiger partial charge in [-0.05, 0) is 26.0 Å². The molecule has 0 atom stereocenters. The molecule has 0 heterocycles. The summed E-state index contributed by atoms with van der Waals surface area (Å²) in [7, 11) is 0. The molecule has 0 aliphatic heterocycles. The molecule has 1 N–H and O–H groups in total. The van der Waals surface area contributed by atoms with E-state index >= 15 is 0 Å². The molecular formula is C16H18ClNO. The van der Waals surface area contributed by atoms with Gasteiger partial charge in [0.2, 0.25) is 0 Å². The molecule has 0 aliphatic carbocycles. The quantitative estimate of drug-likeness (QED) is 0.849. The molecule has 0 spiro atoms. The highest BCUT2D eigenvalue weighted by Gasteiger charge is 2.12. The van der Waals surface area contributed by atoms with Crippen LogP contribution in [0.2, 0.25) is 0 Å². The molecular weight excluding hydrogens is 258 g/mol. The number of hydrogen-bond acceptors (Lipinski definition) is 2. The van der Waals surface area contributed by atoms with E-state index in [1.807, 2.05) is 54.6 Å². The second-order valence-electron chi connectivity index (χ2n) is 4.54. The van der Waals surface area contributed by atoms with Gasteiger partial charge in [0.25, 0.3) is 0 Å². The maximum Gasteiger partial charge on any atom is 0.195 e. The molecule has 2 rings (SSSR count). The van der Waals surface area contributed by atoms with Gasteiger partial charge in [-0.15, -0.1) is 12.4 Å². The molecule has 0 saturated carbocycles. The van der Waals surface area contributed by atoms with E-state index in [0.717, 1.165) is 16.8 Å². The standard InChI is InChI=1S/C16H17NO.ClH/c1-12(2)17-15-11-7-6-10-14(15)16(18)13-8-4-3-5-9-13;/h3-12,17H,1-2H3;1H. The zero-order chi connectivity index (χ0) is 13.0. The first-order valence-electron chi connectivity index (χ1n) is 6.14. The fourth-order valence-corrected chi connectivity index (χ4v) is 1.86. The summed E-state index contributed by atoms with van der Waals surface area (Å²) in [5, 5.41) is 3.30. The lowest BCUT2D eigenvalue weighted by Crippen LogP contribution is -2.13. The van der Waals surface area contributed by atoms with Crippen molar-refractivity contribution in [2.45, 2.75) is 19.9 Å². The predicted molar refractivity (Wildman–Crippen MR) is 82.3 cm³/mol. The minimum atomic E-state index is 0. The highest BCUT2D eigenvalue weighted by molar-refractivity contribution is 6.12. The van der Waals surface area contributed by atoms with Crippen LogP contribution in [0.3, 0.4) is 0 Å². The minimum Gasteiger partial charge on any atom is -0.382 e. The van der Waals surface area contributed by atoms with Crippen LogP contribution in [0.15, 0.2) is 54.6 Å². The number of carbonyl (C=O) groups excluding carboxylic acids is 1. The molecule has 3 heteroatoms. The smallest absolute Gasteiger partial charge is 0.195 e. The number of benzene rings is 2. The van der Waals surface area contributed by atoms with E-state index < -0.39 is 0 Å². The Morgan fingerprint density at radius 3 is 2.16 bits per heavy atom. The largest absolute Gasteiger partial charge is 0.382 e. The number of para-hydroxylation sites is 1. The molecule has 0 unspecified atom stereocenters. The first-order chi connectivity index (χ1) is 8.68. The van der Waals surface area contributed by atoms with Crippen LogP contribution in [0.25, 0.3) is 0 Å². The Kier molecular flexibility index (Phi) is 5.58. The zero-order valence-corrected chi connectivity index (χ0v) is 11.9. The van der Waals surface area contributed by atoms with Crippen LogP contribution < -0.4 is 5.32 Å². The summed E-state index contributed by atoms with van der Waals surface area (Å²) in [5.74, 6) is 0.0550. The summed E-state index contributed by atoms with van der Waals surface area (Å²) in [6.07, 6.45) is 0. The van der Waals surface area contributed by atoms with Crippen molar-refractivity contribution < 1.29 is 4.79 Å². The van der Waals surface area contributed by atoms with Crippen LogP contribution in [-0.4, -0.2) is 11.8 Å². The normalized spacial score (nSPS) is 9.84. The third kappa shape index (κ3) is 3.83. The van der Waals surface area contributed by atoms with Crippen molar-refractivity contribution in [3.63, 3.8) is 0 Å². The first kappa shape index (κ1) is 15.3. The van der Waals surface area contributed by atoms with Gasteiger partial charge in [0.05, 0.1) is 0 Å². The van der Waals surface area contributed by atoms with Crippen molar-refractivity contribution in [2.24, 2.45) is 0 Å².